The lowest BCUT2D eigenvalue weighted by Gasteiger charge is -2.30. The predicted molar refractivity (Wildman–Crippen MR) is 90.4 cm³/mol. The van der Waals surface area contributed by atoms with E-state index in [0.717, 1.165) is 37.1 Å². The summed E-state index contributed by atoms with van der Waals surface area (Å²) in [5, 5.41) is 17.2. The van der Waals surface area contributed by atoms with E-state index < -0.39 is 0 Å². The number of ether oxygens (including phenoxy) is 1. The number of likely N-dealkylation sites (tertiary alicyclic amines) is 1. The molecule has 0 radical (unpaired) electrons. The minimum absolute atomic E-state index is 0.194. The Morgan fingerprint density at radius 3 is 2.79 bits per heavy atom. The molecule has 2 aromatic rings. The van der Waals surface area contributed by atoms with Crippen molar-refractivity contribution in [3.8, 4) is 11.5 Å². The zero-order valence-electron chi connectivity index (χ0n) is 14.1. The van der Waals surface area contributed by atoms with Gasteiger partial charge in [0.15, 0.2) is 0 Å². The maximum Gasteiger partial charge on any atom is 0.248 e. The molecule has 1 aliphatic rings. The monoisotopic (exact) mass is 331 g/mol. The molecule has 24 heavy (non-hydrogen) atoms. The van der Waals surface area contributed by atoms with Crippen LogP contribution in [0.2, 0.25) is 0 Å². The summed E-state index contributed by atoms with van der Waals surface area (Å²) in [6, 6.07) is 8.03. The molecule has 0 atom stereocenters. The molecule has 0 saturated carbocycles. The van der Waals surface area contributed by atoms with Crippen molar-refractivity contribution in [2.75, 3.05) is 26.3 Å². The Balaban J connectivity index is 1.50. The summed E-state index contributed by atoms with van der Waals surface area (Å²) < 4.78 is 11.6. The lowest BCUT2D eigenvalue weighted by atomic mass is 10.1. The standard InChI is InChI=1S/C18H25N3O3/c1-14-5-2-3-6-16(14)18-20-19-17(24-18)13-21-9-7-15(8-10-21)23-12-4-11-22/h2-3,5-6,15,22H,4,7-13H2,1H3. The molecular formula is C18H25N3O3. The van der Waals surface area contributed by atoms with Gasteiger partial charge in [0.25, 0.3) is 0 Å². The Hall–Kier alpha value is -1.76. The fourth-order valence-corrected chi connectivity index (χ4v) is 2.98. The highest BCUT2D eigenvalue weighted by Gasteiger charge is 2.21. The van der Waals surface area contributed by atoms with Crippen LogP contribution in [0, 0.1) is 6.92 Å². The first-order valence-electron chi connectivity index (χ1n) is 8.59. The lowest BCUT2D eigenvalue weighted by Crippen LogP contribution is -2.36. The van der Waals surface area contributed by atoms with Crippen molar-refractivity contribution < 1.29 is 14.3 Å². The summed E-state index contributed by atoms with van der Waals surface area (Å²) in [5.41, 5.74) is 2.13. The zero-order chi connectivity index (χ0) is 16.8. The third kappa shape index (κ3) is 4.41. The van der Waals surface area contributed by atoms with Gasteiger partial charge in [0.1, 0.15) is 0 Å². The molecule has 0 aliphatic carbocycles. The zero-order valence-corrected chi connectivity index (χ0v) is 14.1. The minimum atomic E-state index is 0.194. The number of aliphatic hydroxyl groups is 1. The summed E-state index contributed by atoms with van der Waals surface area (Å²) >= 11 is 0. The molecule has 1 aromatic carbocycles. The third-order valence-electron chi connectivity index (χ3n) is 4.39. The van der Waals surface area contributed by atoms with Crippen molar-refractivity contribution in [3.63, 3.8) is 0 Å². The SMILES string of the molecule is Cc1ccccc1-c1nnc(CN2CCC(OCCCO)CC2)o1. The van der Waals surface area contributed by atoms with Crippen molar-refractivity contribution in [3.05, 3.63) is 35.7 Å². The van der Waals surface area contributed by atoms with Crippen LogP contribution < -0.4 is 0 Å². The van der Waals surface area contributed by atoms with E-state index in [1.807, 2.05) is 31.2 Å². The highest BCUT2D eigenvalue weighted by molar-refractivity contribution is 5.57. The molecule has 0 bridgehead atoms. The van der Waals surface area contributed by atoms with Crippen LogP contribution in [0.5, 0.6) is 0 Å². The van der Waals surface area contributed by atoms with Gasteiger partial charge in [-0.3, -0.25) is 4.90 Å². The van der Waals surface area contributed by atoms with Gasteiger partial charge in [-0.05, 0) is 37.8 Å². The fraction of sp³-hybridized carbons (Fsp3) is 0.556. The van der Waals surface area contributed by atoms with Crippen LogP contribution in [0.4, 0.5) is 0 Å². The van der Waals surface area contributed by atoms with Crippen LogP contribution in [0.1, 0.15) is 30.7 Å². The summed E-state index contributed by atoms with van der Waals surface area (Å²) in [5.74, 6) is 1.25. The van der Waals surface area contributed by atoms with Crippen LogP contribution in [0.25, 0.3) is 11.5 Å². The average Bonchev–Trinajstić information content (AvgIpc) is 3.05. The molecular weight excluding hydrogens is 306 g/mol. The van der Waals surface area contributed by atoms with Gasteiger partial charge in [0.05, 0.1) is 12.6 Å². The van der Waals surface area contributed by atoms with Crippen molar-refractivity contribution in [2.45, 2.75) is 38.8 Å². The van der Waals surface area contributed by atoms with Crippen molar-refractivity contribution in [2.24, 2.45) is 0 Å². The van der Waals surface area contributed by atoms with Gasteiger partial charge in [-0.25, -0.2) is 0 Å². The molecule has 1 fully saturated rings. The van der Waals surface area contributed by atoms with Gasteiger partial charge in [-0.2, -0.15) is 0 Å². The number of benzene rings is 1. The molecule has 1 N–H and O–H groups in total. The second kappa shape index (κ2) is 8.37. The quantitative estimate of drug-likeness (QED) is 0.786. The van der Waals surface area contributed by atoms with E-state index in [9.17, 15) is 0 Å². The van der Waals surface area contributed by atoms with Crippen LogP contribution >= 0.6 is 0 Å². The maximum atomic E-state index is 8.79. The Bertz CT molecular complexity index is 636. The van der Waals surface area contributed by atoms with E-state index in [1.165, 1.54) is 0 Å². The number of nitrogens with zero attached hydrogens (tertiary/aromatic N) is 3. The van der Waals surface area contributed by atoms with Gasteiger partial charge < -0.3 is 14.3 Å². The Labute approximate surface area is 142 Å². The highest BCUT2D eigenvalue weighted by atomic mass is 16.5. The van der Waals surface area contributed by atoms with Crippen LogP contribution in [0.15, 0.2) is 28.7 Å². The van der Waals surface area contributed by atoms with Crippen LogP contribution in [-0.4, -0.2) is 52.6 Å². The van der Waals surface area contributed by atoms with Crippen LogP contribution in [-0.2, 0) is 11.3 Å². The number of aromatic nitrogens is 2. The van der Waals surface area contributed by atoms with E-state index in [-0.39, 0.29) is 6.61 Å². The molecule has 1 saturated heterocycles. The Kier molecular flexibility index (Phi) is 5.96. The molecule has 0 amide bonds. The van der Waals surface area contributed by atoms with E-state index in [4.69, 9.17) is 14.3 Å². The third-order valence-corrected chi connectivity index (χ3v) is 4.39. The maximum absolute atomic E-state index is 8.79. The van der Waals surface area contributed by atoms with Gasteiger partial charge >= 0.3 is 0 Å². The van der Waals surface area contributed by atoms with E-state index in [0.29, 0.717) is 37.5 Å². The van der Waals surface area contributed by atoms with Gasteiger partial charge in [-0.1, -0.05) is 18.2 Å². The number of aliphatic hydroxyl groups excluding tert-OH is 1. The summed E-state index contributed by atoms with van der Waals surface area (Å²) in [7, 11) is 0. The summed E-state index contributed by atoms with van der Waals surface area (Å²) in [6.07, 6.45) is 3.02. The topological polar surface area (TPSA) is 71.6 Å². The highest BCUT2D eigenvalue weighted by Crippen LogP contribution is 2.22. The molecule has 3 rings (SSSR count). The first kappa shape index (κ1) is 17.1. The summed E-state index contributed by atoms with van der Waals surface area (Å²) in [6.45, 7) is 5.49. The molecule has 6 heteroatoms. The fourth-order valence-electron chi connectivity index (χ4n) is 2.98. The molecule has 130 valence electrons. The second-order valence-corrected chi connectivity index (χ2v) is 6.24. The smallest absolute Gasteiger partial charge is 0.248 e. The number of hydrogen-bond acceptors (Lipinski definition) is 6. The van der Waals surface area contributed by atoms with E-state index in [1.54, 1.807) is 0 Å². The lowest BCUT2D eigenvalue weighted by molar-refractivity contribution is -0.000571. The Morgan fingerprint density at radius 1 is 1.25 bits per heavy atom. The first-order chi connectivity index (χ1) is 11.8. The van der Waals surface area contributed by atoms with E-state index in [2.05, 4.69) is 15.1 Å². The molecule has 0 spiro atoms. The molecule has 2 heterocycles. The summed E-state index contributed by atoms with van der Waals surface area (Å²) in [4.78, 5) is 2.32. The van der Waals surface area contributed by atoms with Crippen molar-refractivity contribution in [1.82, 2.24) is 15.1 Å². The number of rotatable bonds is 7. The van der Waals surface area contributed by atoms with Gasteiger partial charge in [0.2, 0.25) is 11.8 Å². The van der Waals surface area contributed by atoms with Crippen LogP contribution in [0.3, 0.4) is 0 Å². The van der Waals surface area contributed by atoms with Crippen molar-refractivity contribution >= 4 is 0 Å². The second-order valence-electron chi connectivity index (χ2n) is 6.24. The largest absolute Gasteiger partial charge is 0.419 e. The normalized spacial score (nSPS) is 16.6. The number of piperidine rings is 1. The van der Waals surface area contributed by atoms with Gasteiger partial charge in [-0.15, -0.1) is 10.2 Å². The number of hydrogen-bond donors (Lipinski definition) is 1. The Morgan fingerprint density at radius 2 is 2.04 bits per heavy atom. The molecule has 1 aromatic heterocycles. The van der Waals surface area contributed by atoms with E-state index >= 15 is 0 Å². The first-order valence-corrected chi connectivity index (χ1v) is 8.59. The molecule has 0 unspecified atom stereocenters. The number of aryl methyl sites for hydroxylation is 1. The minimum Gasteiger partial charge on any atom is -0.419 e. The predicted octanol–water partition coefficient (Wildman–Crippen LogP) is 2.41. The molecule has 1 aliphatic heterocycles. The average molecular weight is 331 g/mol. The van der Waals surface area contributed by atoms with Crippen molar-refractivity contribution in [1.29, 1.82) is 0 Å². The molecule has 6 nitrogen and oxygen atoms in total. The van der Waals surface area contributed by atoms with Gasteiger partial charge in [0, 0.05) is 31.9 Å².